The number of carbonyl (C=O) groups excluding carboxylic acids is 2. The van der Waals surface area contributed by atoms with Crippen LogP contribution in [0.3, 0.4) is 0 Å². The minimum Gasteiger partial charge on any atom is -0.354 e. The molecule has 0 saturated heterocycles. The van der Waals surface area contributed by atoms with Gasteiger partial charge in [-0.1, -0.05) is 31.2 Å². The van der Waals surface area contributed by atoms with E-state index in [2.05, 4.69) is 34.5 Å². The Morgan fingerprint density at radius 3 is 2.46 bits per heavy atom. The van der Waals surface area contributed by atoms with E-state index in [9.17, 15) is 14.0 Å². The van der Waals surface area contributed by atoms with Crippen LogP contribution >= 0.6 is 0 Å². The van der Waals surface area contributed by atoms with Crippen LogP contribution in [0.2, 0.25) is 0 Å². The topological polar surface area (TPSA) is 93.0 Å². The third-order valence-electron chi connectivity index (χ3n) is 5.63. The second kappa shape index (κ2) is 10.9. The minimum absolute atomic E-state index is 0.154. The van der Waals surface area contributed by atoms with Crippen molar-refractivity contribution in [3.05, 3.63) is 84.4 Å². The van der Waals surface area contributed by atoms with Crippen LogP contribution in [0.4, 0.5) is 10.1 Å². The number of anilines is 1. The molecule has 8 nitrogen and oxygen atoms in total. The Kier molecular flexibility index (Phi) is 7.45. The summed E-state index contributed by atoms with van der Waals surface area (Å²) in [6.45, 7) is 4.46. The summed E-state index contributed by atoms with van der Waals surface area (Å²) in [7, 11) is 0. The number of halogens is 1. The zero-order valence-electron chi connectivity index (χ0n) is 19.6. The molecule has 0 fully saturated rings. The highest BCUT2D eigenvalue weighted by Gasteiger charge is 2.33. The fraction of sp³-hybridized carbons (Fsp3) is 0.269. The van der Waals surface area contributed by atoms with Crippen LogP contribution in [-0.2, 0) is 16.1 Å². The van der Waals surface area contributed by atoms with Gasteiger partial charge >= 0.3 is 0 Å². The summed E-state index contributed by atoms with van der Waals surface area (Å²) in [5.41, 5.74) is 2.33. The Bertz CT molecular complexity index is 1290. The van der Waals surface area contributed by atoms with E-state index >= 15 is 0 Å². The second-order valence-electron chi connectivity index (χ2n) is 8.63. The number of para-hydroxylation sites is 1. The predicted molar refractivity (Wildman–Crippen MR) is 131 cm³/mol. The van der Waals surface area contributed by atoms with Crippen LogP contribution in [0, 0.1) is 11.7 Å². The summed E-state index contributed by atoms with van der Waals surface area (Å²) >= 11 is 0. The molecular weight excluding hydrogens is 447 g/mol. The number of fused-ring (bicyclic) bond motifs is 1. The number of hydrogen-bond donors (Lipinski definition) is 1. The van der Waals surface area contributed by atoms with Crippen molar-refractivity contribution in [3.63, 3.8) is 0 Å². The summed E-state index contributed by atoms with van der Waals surface area (Å²) in [6, 6.07) is 15.2. The number of nitrogens with zero attached hydrogens (tertiary/aromatic N) is 5. The first kappa shape index (κ1) is 24.0. The molecule has 2 aromatic carbocycles. The molecule has 0 bridgehead atoms. The van der Waals surface area contributed by atoms with Crippen molar-refractivity contribution in [1.29, 1.82) is 0 Å². The molecule has 0 spiro atoms. The molecule has 0 radical (unpaired) electrons. The van der Waals surface area contributed by atoms with Crippen molar-refractivity contribution in [2.45, 2.75) is 32.9 Å². The fourth-order valence-electron chi connectivity index (χ4n) is 3.82. The molecule has 2 heterocycles. The molecule has 2 amide bonds. The van der Waals surface area contributed by atoms with Gasteiger partial charge in [0.15, 0.2) is 0 Å². The van der Waals surface area contributed by atoms with Gasteiger partial charge in [0.25, 0.3) is 0 Å². The lowest BCUT2D eigenvalue weighted by Gasteiger charge is -2.31. The van der Waals surface area contributed by atoms with Crippen LogP contribution in [0.1, 0.15) is 31.9 Å². The zero-order chi connectivity index (χ0) is 24.8. The normalized spacial score (nSPS) is 12.0. The van der Waals surface area contributed by atoms with Crippen molar-refractivity contribution in [2.24, 2.45) is 5.92 Å². The van der Waals surface area contributed by atoms with Crippen LogP contribution in [-0.4, -0.2) is 38.3 Å². The molecule has 0 aliphatic heterocycles. The Balaban J connectivity index is 1.73. The molecule has 4 rings (SSSR count). The highest BCUT2D eigenvalue weighted by molar-refractivity contribution is 6.01. The molecule has 0 aliphatic rings. The molecule has 0 unspecified atom stereocenters. The lowest BCUT2D eigenvalue weighted by molar-refractivity contribution is -0.127. The van der Waals surface area contributed by atoms with Crippen molar-refractivity contribution in [2.75, 3.05) is 11.4 Å². The van der Waals surface area contributed by atoms with Crippen LogP contribution in [0.5, 0.6) is 0 Å². The van der Waals surface area contributed by atoms with Crippen molar-refractivity contribution in [1.82, 2.24) is 25.3 Å². The van der Waals surface area contributed by atoms with Crippen molar-refractivity contribution < 1.29 is 14.0 Å². The third kappa shape index (κ3) is 5.68. The van der Waals surface area contributed by atoms with E-state index in [1.165, 1.54) is 33.8 Å². The van der Waals surface area contributed by atoms with Gasteiger partial charge in [0.1, 0.15) is 23.9 Å². The van der Waals surface area contributed by atoms with E-state index < -0.39 is 17.8 Å². The number of hydrogen-bond acceptors (Lipinski definition) is 5. The number of aromatic nitrogens is 4. The standard InChI is InChI=1S/C26H27FN6O2/c1-18(2)11-16-29-26(35)25(19-12-14-28-15-13-19)33(21-9-7-20(27)8-10-21)24(34)17-32-23-6-4-3-5-22(23)30-31-32/h3-10,12-15,18,25H,11,16-17H2,1-2H3,(H,29,35)/t25-/m0/s1. The van der Waals surface area contributed by atoms with Crippen LogP contribution in [0.25, 0.3) is 11.0 Å². The summed E-state index contributed by atoms with van der Waals surface area (Å²) in [6.07, 6.45) is 3.94. The molecule has 1 N–H and O–H groups in total. The fourth-order valence-corrected chi connectivity index (χ4v) is 3.82. The second-order valence-corrected chi connectivity index (χ2v) is 8.63. The maximum Gasteiger partial charge on any atom is 0.249 e. The Morgan fingerprint density at radius 2 is 1.74 bits per heavy atom. The first-order chi connectivity index (χ1) is 16.9. The van der Waals surface area contributed by atoms with Gasteiger partial charge in [0.2, 0.25) is 11.8 Å². The van der Waals surface area contributed by atoms with E-state index in [0.29, 0.717) is 34.7 Å². The Morgan fingerprint density at radius 1 is 1.03 bits per heavy atom. The molecule has 9 heteroatoms. The van der Waals surface area contributed by atoms with Gasteiger partial charge in [-0.05, 0) is 66.4 Å². The number of benzene rings is 2. The predicted octanol–water partition coefficient (Wildman–Crippen LogP) is 3.90. The van der Waals surface area contributed by atoms with Crippen LogP contribution in [0.15, 0.2) is 73.1 Å². The van der Waals surface area contributed by atoms with Gasteiger partial charge in [-0.25, -0.2) is 9.07 Å². The number of pyridine rings is 1. The molecule has 2 aromatic heterocycles. The molecule has 1 atom stereocenters. The van der Waals surface area contributed by atoms with Gasteiger partial charge in [-0.15, -0.1) is 5.10 Å². The van der Waals surface area contributed by atoms with Crippen molar-refractivity contribution >= 4 is 28.5 Å². The maximum atomic E-state index is 13.8. The summed E-state index contributed by atoms with van der Waals surface area (Å²) in [5, 5.41) is 11.2. The lowest BCUT2D eigenvalue weighted by atomic mass is 10.0. The van der Waals surface area contributed by atoms with Gasteiger partial charge in [0.05, 0.1) is 5.52 Å². The van der Waals surface area contributed by atoms with Crippen molar-refractivity contribution in [3.8, 4) is 0 Å². The smallest absolute Gasteiger partial charge is 0.249 e. The molecule has 0 aliphatic carbocycles. The maximum absolute atomic E-state index is 13.8. The average molecular weight is 475 g/mol. The summed E-state index contributed by atoms with van der Waals surface area (Å²) < 4.78 is 15.2. The van der Waals surface area contributed by atoms with E-state index in [1.807, 2.05) is 24.3 Å². The van der Waals surface area contributed by atoms with Gasteiger partial charge < -0.3 is 5.32 Å². The Labute approximate surface area is 202 Å². The highest BCUT2D eigenvalue weighted by Crippen LogP contribution is 2.29. The largest absolute Gasteiger partial charge is 0.354 e. The first-order valence-electron chi connectivity index (χ1n) is 11.5. The quantitative estimate of drug-likeness (QED) is 0.397. The third-order valence-corrected chi connectivity index (χ3v) is 5.63. The minimum atomic E-state index is -0.988. The van der Waals surface area contributed by atoms with E-state index in [1.54, 1.807) is 24.5 Å². The van der Waals surface area contributed by atoms with Crippen LogP contribution < -0.4 is 10.2 Å². The summed E-state index contributed by atoms with van der Waals surface area (Å²) in [5.74, 6) is -0.763. The van der Waals surface area contributed by atoms with Gasteiger partial charge in [0, 0.05) is 24.6 Å². The number of carbonyl (C=O) groups is 2. The van der Waals surface area contributed by atoms with Gasteiger partial charge in [-0.2, -0.15) is 0 Å². The molecular formula is C26H27FN6O2. The first-order valence-corrected chi connectivity index (χ1v) is 11.5. The zero-order valence-corrected chi connectivity index (χ0v) is 19.6. The van der Waals surface area contributed by atoms with E-state index in [4.69, 9.17) is 0 Å². The van der Waals surface area contributed by atoms with Gasteiger partial charge in [-0.3, -0.25) is 19.5 Å². The number of amides is 2. The monoisotopic (exact) mass is 474 g/mol. The molecule has 4 aromatic rings. The average Bonchev–Trinajstić information content (AvgIpc) is 3.26. The lowest BCUT2D eigenvalue weighted by Crippen LogP contribution is -2.45. The highest BCUT2D eigenvalue weighted by atomic mass is 19.1. The summed E-state index contributed by atoms with van der Waals surface area (Å²) in [4.78, 5) is 32.7. The molecule has 180 valence electrons. The number of nitrogens with one attached hydrogen (secondary N) is 1. The molecule has 35 heavy (non-hydrogen) atoms. The molecule has 0 saturated carbocycles. The number of rotatable bonds is 9. The van der Waals surface area contributed by atoms with E-state index in [0.717, 1.165) is 6.42 Å². The Hall–Kier alpha value is -4.14. The SMILES string of the molecule is CC(C)CCNC(=O)[C@H](c1ccncc1)N(C(=O)Cn1nnc2ccccc21)c1ccc(F)cc1. The van der Waals surface area contributed by atoms with E-state index in [-0.39, 0.29) is 12.5 Å².